The quantitative estimate of drug-likeness (QED) is 0.452. The highest BCUT2D eigenvalue weighted by Crippen LogP contribution is 2.25. The number of nitrogens with one attached hydrogen (secondary N) is 3. The number of hydrazine groups is 1. The van der Waals surface area contributed by atoms with Gasteiger partial charge in [0.05, 0.1) is 6.54 Å². The molecular formula is C8H13BrN6O. The number of nitrogen functional groups attached to an aromatic ring is 1. The average molecular weight is 289 g/mol. The van der Waals surface area contributed by atoms with Crippen molar-refractivity contribution < 1.29 is 4.79 Å². The van der Waals surface area contributed by atoms with E-state index in [4.69, 9.17) is 5.84 Å². The summed E-state index contributed by atoms with van der Waals surface area (Å²) < 4.78 is 0.585. The molecule has 0 saturated heterocycles. The number of hydrogen-bond donors (Lipinski definition) is 4. The second-order valence-electron chi connectivity index (χ2n) is 2.84. The number of amides is 1. The van der Waals surface area contributed by atoms with Crippen LogP contribution in [0.4, 0.5) is 11.6 Å². The summed E-state index contributed by atoms with van der Waals surface area (Å²) in [5, 5.41) is 5.53. The van der Waals surface area contributed by atoms with Crippen LogP contribution in [0.1, 0.15) is 6.92 Å². The van der Waals surface area contributed by atoms with Crippen LogP contribution in [0.15, 0.2) is 10.8 Å². The van der Waals surface area contributed by atoms with E-state index in [1.807, 2.05) is 6.92 Å². The number of aromatic nitrogens is 2. The smallest absolute Gasteiger partial charge is 0.239 e. The molecule has 0 unspecified atom stereocenters. The summed E-state index contributed by atoms with van der Waals surface area (Å²) in [6.45, 7) is 2.60. The molecule has 0 aliphatic rings. The Morgan fingerprint density at radius 1 is 1.50 bits per heavy atom. The maximum atomic E-state index is 11.2. The molecule has 88 valence electrons. The third-order valence-corrected chi connectivity index (χ3v) is 2.47. The lowest BCUT2D eigenvalue weighted by atomic mass is 10.5. The van der Waals surface area contributed by atoms with Crippen LogP contribution in [0.5, 0.6) is 0 Å². The Morgan fingerprint density at radius 3 is 2.81 bits per heavy atom. The molecule has 0 saturated carbocycles. The summed E-state index contributed by atoms with van der Waals surface area (Å²) in [4.78, 5) is 19.1. The summed E-state index contributed by atoms with van der Waals surface area (Å²) in [7, 11) is 0. The van der Waals surface area contributed by atoms with Crippen LogP contribution in [-0.4, -0.2) is 29.0 Å². The minimum atomic E-state index is -0.102. The predicted octanol–water partition coefficient (Wildman–Crippen LogP) is 0.0727. The summed E-state index contributed by atoms with van der Waals surface area (Å²) >= 11 is 3.27. The van der Waals surface area contributed by atoms with Crippen molar-refractivity contribution in [2.45, 2.75) is 6.92 Å². The molecule has 16 heavy (non-hydrogen) atoms. The maximum Gasteiger partial charge on any atom is 0.239 e. The molecule has 0 fully saturated rings. The highest BCUT2D eigenvalue weighted by Gasteiger charge is 2.08. The lowest BCUT2D eigenvalue weighted by molar-refractivity contribution is -0.119. The van der Waals surface area contributed by atoms with Crippen molar-refractivity contribution in [1.82, 2.24) is 15.3 Å². The van der Waals surface area contributed by atoms with E-state index in [1.165, 1.54) is 6.33 Å². The van der Waals surface area contributed by atoms with Crippen molar-refractivity contribution in [2.75, 3.05) is 23.8 Å². The van der Waals surface area contributed by atoms with E-state index in [2.05, 4.69) is 42.0 Å². The van der Waals surface area contributed by atoms with Gasteiger partial charge in [-0.05, 0) is 22.9 Å². The van der Waals surface area contributed by atoms with Crippen LogP contribution in [0.3, 0.4) is 0 Å². The van der Waals surface area contributed by atoms with Gasteiger partial charge in [-0.3, -0.25) is 4.79 Å². The summed E-state index contributed by atoms with van der Waals surface area (Å²) in [6.07, 6.45) is 1.35. The highest BCUT2D eigenvalue weighted by molar-refractivity contribution is 9.10. The zero-order chi connectivity index (χ0) is 12.0. The van der Waals surface area contributed by atoms with Gasteiger partial charge in [-0.25, -0.2) is 15.8 Å². The zero-order valence-corrected chi connectivity index (χ0v) is 10.3. The molecule has 5 N–H and O–H groups in total. The van der Waals surface area contributed by atoms with E-state index in [1.54, 1.807) is 0 Å². The summed E-state index contributed by atoms with van der Waals surface area (Å²) in [5.74, 6) is 6.11. The molecule has 1 amide bonds. The maximum absolute atomic E-state index is 11.2. The molecule has 0 aliphatic heterocycles. The topological polar surface area (TPSA) is 105 Å². The van der Waals surface area contributed by atoms with Crippen molar-refractivity contribution in [3.63, 3.8) is 0 Å². The Balaban J connectivity index is 2.63. The fourth-order valence-corrected chi connectivity index (χ4v) is 1.48. The Labute approximate surface area is 101 Å². The van der Waals surface area contributed by atoms with E-state index in [0.29, 0.717) is 22.7 Å². The second-order valence-corrected chi connectivity index (χ2v) is 3.63. The van der Waals surface area contributed by atoms with Crippen molar-refractivity contribution in [3.05, 3.63) is 10.8 Å². The lowest BCUT2D eigenvalue weighted by Gasteiger charge is -2.09. The molecular weight excluding hydrogens is 276 g/mol. The molecule has 1 aromatic heterocycles. The van der Waals surface area contributed by atoms with E-state index < -0.39 is 0 Å². The molecule has 1 rings (SSSR count). The van der Waals surface area contributed by atoms with Gasteiger partial charge in [0.15, 0.2) is 5.82 Å². The second kappa shape index (κ2) is 6.23. The van der Waals surface area contributed by atoms with E-state index in [-0.39, 0.29) is 12.5 Å². The molecule has 0 spiro atoms. The van der Waals surface area contributed by atoms with E-state index >= 15 is 0 Å². The molecule has 1 aromatic rings. The standard InChI is InChI=1S/C8H13BrN6O/c1-2-11-5(16)3-12-7-6(9)8(15-10)14-4-13-7/h4H,2-3,10H2,1H3,(H,11,16)(H2,12,13,14,15). The van der Waals surface area contributed by atoms with E-state index in [0.717, 1.165) is 0 Å². The number of nitrogens with two attached hydrogens (primary N) is 1. The van der Waals surface area contributed by atoms with Crippen LogP contribution in [-0.2, 0) is 4.79 Å². The van der Waals surface area contributed by atoms with Crippen molar-refractivity contribution in [3.8, 4) is 0 Å². The molecule has 0 aliphatic carbocycles. The van der Waals surface area contributed by atoms with Crippen molar-refractivity contribution in [2.24, 2.45) is 5.84 Å². The van der Waals surface area contributed by atoms with Crippen molar-refractivity contribution in [1.29, 1.82) is 0 Å². The monoisotopic (exact) mass is 288 g/mol. The van der Waals surface area contributed by atoms with Gasteiger partial charge in [0, 0.05) is 6.54 Å². The van der Waals surface area contributed by atoms with Gasteiger partial charge >= 0.3 is 0 Å². The van der Waals surface area contributed by atoms with Gasteiger partial charge in [0.25, 0.3) is 0 Å². The minimum absolute atomic E-state index is 0.102. The van der Waals surface area contributed by atoms with Gasteiger partial charge in [-0.1, -0.05) is 0 Å². The summed E-state index contributed by atoms with van der Waals surface area (Å²) in [6, 6.07) is 0. The first-order valence-electron chi connectivity index (χ1n) is 4.66. The number of carbonyl (C=O) groups is 1. The Morgan fingerprint density at radius 2 is 2.19 bits per heavy atom. The van der Waals surface area contributed by atoms with Crippen LogP contribution in [0.2, 0.25) is 0 Å². The number of likely N-dealkylation sites (N-methyl/N-ethyl adjacent to an activating group) is 1. The number of rotatable bonds is 5. The lowest BCUT2D eigenvalue weighted by Crippen LogP contribution is -2.29. The molecule has 0 atom stereocenters. The molecule has 8 heteroatoms. The van der Waals surface area contributed by atoms with Gasteiger partial charge in [-0.15, -0.1) is 0 Å². The Bertz CT molecular complexity index is 372. The number of halogens is 1. The molecule has 0 bridgehead atoms. The fourth-order valence-electron chi connectivity index (χ4n) is 1.02. The van der Waals surface area contributed by atoms with Crippen LogP contribution < -0.4 is 21.9 Å². The number of carbonyl (C=O) groups excluding carboxylic acids is 1. The molecule has 1 heterocycles. The largest absolute Gasteiger partial charge is 0.360 e. The van der Waals surface area contributed by atoms with E-state index in [9.17, 15) is 4.79 Å². The van der Waals surface area contributed by atoms with Gasteiger partial charge in [0.1, 0.15) is 16.6 Å². The normalized spacial score (nSPS) is 9.69. The zero-order valence-electron chi connectivity index (χ0n) is 8.75. The summed E-state index contributed by atoms with van der Waals surface area (Å²) in [5.41, 5.74) is 2.41. The molecule has 0 aromatic carbocycles. The first kappa shape index (κ1) is 12.7. The highest BCUT2D eigenvalue weighted by atomic mass is 79.9. The third kappa shape index (κ3) is 3.31. The Hall–Kier alpha value is -1.41. The third-order valence-electron chi connectivity index (χ3n) is 1.72. The average Bonchev–Trinajstić information content (AvgIpc) is 2.28. The number of hydrogen-bond acceptors (Lipinski definition) is 6. The fraction of sp³-hybridized carbons (Fsp3) is 0.375. The van der Waals surface area contributed by atoms with Gasteiger partial charge in [0.2, 0.25) is 5.91 Å². The predicted molar refractivity (Wildman–Crippen MR) is 64.7 cm³/mol. The van der Waals surface area contributed by atoms with Gasteiger partial charge < -0.3 is 16.1 Å². The minimum Gasteiger partial charge on any atom is -0.360 e. The SMILES string of the molecule is CCNC(=O)CNc1ncnc(NN)c1Br. The first-order valence-corrected chi connectivity index (χ1v) is 5.46. The van der Waals surface area contributed by atoms with Gasteiger partial charge in [-0.2, -0.15) is 0 Å². The van der Waals surface area contributed by atoms with Crippen LogP contribution in [0, 0.1) is 0 Å². The van der Waals surface area contributed by atoms with Crippen LogP contribution in [0.25, 0.3) is 0 Å². The van der Waals surface area contributed by atoms with Crippen molar-refractivity contribution >= 4 is 33.5 Å². The molecule has 0 radical (unpaired) electrons. The number of anilines is 2. The van der Waals surface area contributed by atoms with Crippen LogP contribution >= 0.6 is 15.9 Å². The number of nitrogens with zero attached hydrogens (tertiary/aromatic N) is 2. The Kier molecular flexibility index (Phi) is 4.93. The molecule has 7 nitrogen and oxygen atoms in total. The first-order chi connectivity index (χ1) is 7.69.